The molecule has 1 aliphatic rings. The molecule has 144 valence electrons. The Morgan fingerprint density at radius 2 is 1.93 bits per heavy atom. The summed E-state index contributed by atoms with van der Waals surface area (Å²) in [4.78, 5) is 12.6. The van der Waals surface area contributed by atoms with Crippen LogP contribution in [0.3, 0.4) is 0 Å². The van der Waals surface area contributed by atoms with Gasteiger partial charge < -0.3 is 10.1 Å². The first-order valence-electron chi connectivity index (χ1n) is 9.16. The van der Waals surface area contributed by atoms with Gasteiger partial charge in [0, 0.05) is 17.3 Å². The summed E-state index contributed by atoms with van der Waals surface area (Å²) in [5, 5.41) is 7.19. The molecule has 1 aromatic heterocycles. The number of para-hydroxylation sites is 1. The van der Waals surface area contributed by atoms with Crippen LogP contribution in [0.4, 0.5) is 8.78 Å². The first-order valence-corrected chi connectivity index (χ1v) is 9.16. The van der Waals surface area contributed by atoms with Gasteiger partial charge in [-0.05, 0) is 43.5 Å². The molecule has 0 unspecified atom stereocenters. The molecule has 2 aromatic carbocycles. The number of aromatic nitrogens is 2. The maximum Gasteiger partial charge on any atom is 0.272 e. The van der Waals surface area contributed by atoms with Crippen LogP contribution in [0.2, 0.25) is 0 Å². The Morgan fingerprint density at radius 1 is 1.11 bits per heavy atom. The van der Waals surface area contributed by atoms with Crippen molar-refractivity contribution in [2.24, 2.45) is 0 Å². The van der Waals surface area contributed by atoms with Gasteiger partial charge in [0.1, 0.15) is 12.4 Å². The third-order valence-electron chi connectivity index (χ3n) is 4.69. The minimum absolute atomic E-state index is 0.295. The second-order valence-electron chi connectivity index (χ2n) is 6.56. The van der Waals surface area contributed by atoms with Crippen LogP contribution in [-0.4, -0.2) is 28.8 Å². The monoisotopic (exact) mass is 383 g/mol. The number of halogens is 2. The van der Waals surface area contributed by atoms with Crippen LogP contribution >= 0.6 is 0 Å². The molecular formula is C21H19F2N3O2. The van der Waals surface area contributed by atoms with E-state index in [1.165, 1.54) is 6.07 Å². The predicted octanol–water partition coefficient (Wildman–Crippen LogP) is 3.45. The van der Waals surface area contributed by atoms with Crippen LogP contribution < -0.4 is 10.1 Å². The summed E-state index contributed by atoms with van der Waals surface area (Å²) in [6, 6.07) is 13.0. The van der Waals surface area contributed by atoms with Crippen molar-refractivity contribution in [1.82, 2.24) is 15.1 Å². The summed E-state index contributed by atoms with van der Waals surface area (Å²) in [6.45, 7) is 0.669. The minimum Gasteiger partial charge on any atom is -0.492 e. The van der Waals surface area contributed by atoms with Gasteiger partial charge in [-0.2, -0.15) is 5.10 Å². The van der Waals surface area contributed by atoms with Gasteiger partial charge in [0.15, 0.2) is 17.3 Å². The van der Waals surface area contributed by atoms with E-state index in [1.807, 2.05) is 30.3 Å². The first-order chi connectivity index (χ1) is 13.6. The van der Waals surface area contributed by atoms with Crippen LogP contribution in [0, 0.1) is 11.6 Å². The van der Waals surface area contributed by atoms with Crippen molar-refractivity contribution < 1.29 is 18.3 Å². The molecule has 0 saturated carbocycles. The zero-order valence-electron chi connectivity index (χ0n) is 15.1. The summed E-state index contributed by atoms with van der Waals surface area (Å²) < 4.78 is 34.0. The van der Waals surface area contributed by atoms with Crippen LogP contribution in [-0.2, 0) is 12.8 Å². The van der Waals surface area contributed by atoms with Gasteiger partial charge in [-0.3, -0.25) is 4.79 Å². The average molecular weight is 383 g/mol. The van der Waals surface area contributed by atoms with Crippen molar-refractivity contribution in [1.29, 1.82) is 0 Å². The summed E-state index contributed by atoms with van der Waals surface area (Å²) in [6.07, 6.45) is 2.38. The molecule has 0 saturated heterocycles. The highest BCUT2D eigenvalue weighted by Crippen LogP contribution is 2.28. The van der Waals surface area contributed by atoms with E-state index >= 15 is 0 Å². The lowest BCUT2D eigenvalue weighted by Crippen LogP contribution is -2.29. The van der Waals surface area contributed by atoms with E-state index in [-0.39, 0.29) is 5.91 Å². The van der Waals surface area contributed by atoms with E-state index in [4.69, 9.17) is 4.74 Å². The average Bonchev–Trinajstić information content (AvgIpc) is 3.31. The zero-order valence-corrected chi connectivity index (χ0v) is 15.1. The van der Waals surface area contributed by atoms with E-state index in [9.17, 15) is 13.6 Å². The molecule has 0 fully saturated rings. The van der Waals surface area contributed by atoms with E-state index in [0.717, 1.165) is 48.4 Å². The molecule has 0 bridgehead atoms. The number of carbonyl (C=O) groups is 1. The molecule has 3 aromatic rings. The molecule has 0 aliphatic heterocycles. The summed E-state index contributed by atoms with van der Waals surface area (Å²) in [5.74, 6) is -1.41. The normalized spacial score (nSPS) is 12.6. The first kappa shape index (κ1) is 18.2. The van der Waals surface area contributed by atoms with Gasteiger partial charge in [0.05, 0.1) is 12.2 Å². The lowest BCUT2D eigenvalue weighted by Gasteiger charge is -2.07. The van der Waals surface area contributed by atoms with Gasteiger partial charge in [-0.1, -0.05) is 18.2 Å². The van der Waals surface area contributed by atoms with Crippen LogP contribution in [0.15, 0.2) is 48.5 Å². The number of benzene rings is 2. The molecule has 7 heteroatoms. The van der Waals surface area contributed by atoms with E-state index < -0.39 is 11.6 Å². The minimum atomic E-state index is -0.941. The molecule has 1 aliphatic carbocycles. The Labute approximate surface area is 160 Å². The molecule has 1 heterocycles. The van der Waals surface area contributed by atoms with Gasteiger partial charge >= 0.3 is 0 Å². The van der Waals surface area contributed by atoms with Gasteiger partial charge in [0.25, 0.3) is 5.91 Å². The maximum atomic E-state index is 13.6. The fourth-order valence-electron chi connectivity index (χ4n) is 3.38. The highest BCUT2D eigenvalue weighted by Gasteiger charge is 2.27. The van der Waals surface area contributed by atoms with Crippen molar-refractivity contribution in [2.75, 3.05) is 13.2 Å². The smallest absolute Gasteiger partial charge is 0.272 e. The van der Waals surface area contributed by atoms with Gasteiger partial charge in [-0.15, -0.1) is 0 Å². The topological polar surface area (TPSA) is 56.1 Å². The quantitative estimate of drug-likeness (QED) is 0.664. The lowest BCUT2D eigenvalue weighted by molar-refractivity contribution is 0.0940. The van der Waals surface area contributed by atoms with Crippen molar-refractivity contribution in [3.63, 3.8) is 0 Å². The number of nitrogens with one attached hydrogen (secondary N) is 1. The predicted molar refractivity (Wildman–Crippen MR) is 99.8 cm³/mol. The molecule has 1 amide bonds. The number of hydrogen-bond acceptors (Lipinski definition) is 3. The number of amides is 1. The molecule has 0 spiro atoms. The Morgan fingerprint density at radius 3 is 2.71 bits per heavy atom. The Hall–Kier alpha value is -3.22. The number of ether oxygens (including phenoxy) is 1. The SMILES string of the molecule is O=C(NCCOc1ccccc1)c1nn(-c2ccc(F)c(F)c2)c2c1CCC2. The highest BCUT2D eigenvalue weighted by atomic mass is 19.2. The Kier molecular flexibility index (Phi) is 5.06. The summed E-state index contributed by atoms with van der Waals surface area (Å²) in [7, 11) is 0. The summed E-state index contributed by atoms with van der Waals surface area (Å²) >= 11 is 0. The second kappa shape index (κ2) is 7.80. The van der Waals surface area contributed by atoms with Crippen molar-refractivity contribution in [2.45, 2.75) is 19.3 Å². The van der Waals surface area contributed by atoms with Gasteiger partial charge in [0.2, 0.25) is 0 Å². The fraction of sp³-hybridized carbons (Fsp3) is 0.238. The van der Waals surface area contributed by atoms with Crippen molar-refractivity contribution in [3.8, 4) is 11.4 Å². The van der Waals surface area contributed by atoms with Crippen LogP contribution in [0.1, 0.15) is 28.2 Å². The molecule has 1 N–H and O–H groups in total. The largest absolute Gasteiger partial charge is 0.492 e. The number of rotatable bonds is 6. The van der Waals surface area contributed by atoms with Crippen LogP contribution in [0.25, 0.3) is 5.69 Å². The number of carbonyl (C=O) groups excluding carboxylic acids is 1. The van der Waals surface area contributed by atoms with Crippen molar-refractivity contribution >= 4 is 5.91 Å². The maximum absolute atomic E-state index is 13.6. The third kappa shape index (κ3) is 3.60. The molecule has 0 radical (unpaired) electrons. The molecule has 5 nitrogen and oxygen atoms in total. The number of hydrogen-bond donors (Lipinski definition) is 1. The highest BCUT2D eigenvalue weighted by molar-refractivity contribution is 5.94. The number of nitrogens with zero attached hydrogens (tertiary/aromatic N) is 2. The molecule has 28 heavy (non-hydrogen) atoms. The Balaban J connectivity index is 1.47. The van der Waals surface area contributed by atoms with Crippen LogP contribution in [0.5, 0.6) is 5.75 Å². The Bertz CT molecular complexity index is 1000. The molecular weight excluding hydrogens is 364 g/mol. The standard InChI is InChI=1S/C21H19F2N3O2/c22-17-10-9-14(13-18(17)23)26-19-8-4-7-16(19)20(25-26)21(27)24-11-12-28-15-5-2-1-3-6-15/h1-3,5-6,9-10,13H,4,7-8,11-12H2,(H,24,27). The fourth-order valence-corrected chi connectivity index (χ4v) is 3.38. The molecule has 4 rings (SSSR count). The second-order valence-corrected chi connectivity index (χ2v) is 6.56. The molecule has 0 atom stereocenters. The van der Waals surface area contributed by atoms with Crippen molar-refractivity contribution in [3.05, 3.63) is 77.1 Å². The summed E-state index contributed by atoms with van der Waals surface area (Å²) in [5.41, 5.74) is 2.48. The van der Waals surface area contributed by atoms with E-state index in [1.54, 1.807) is 4.68 Å². The van der Waals surface area contributed by atoms with E-state index in [2.05, 4.69) is 10.4 Å². The van der Waals surface area contributed by atoms with Gasteiger partial charge in [-0.25, -0.2) is 13.5 Å². The van der Waals surface area contributed by atoms with E-state index in [0.29, 0.717) is 24.5 Å². The third-order valence-corrected chi connectivity index (χ3v) is 4.69. The number of fused-ring (bicyclic) bond motifs is 1. The zero-order chi connectivity index (χ0) is 19.5. The lowest BCUT2D eigenvalue weighted by atomic mass is 10.2.